The minimum absolute atomic E-state index is 0.0886. The average Bonchev–Trinajstić information content (AvgIpc) is 2.99. The Bertz CT molecular complexity index is 691. The fourth-order valence-corrected chi connectivity index (χ4v) is 3.63. The van der Waals surface area contributed by atoms with Gasteiger partial charge < -0.3 is 10.1 Å². The van der Waals surface area contributed by atoms with Gasteiger partial charge in [-0.2, -0.15) is 5.10 Å². The summed E-state index contributed by atoms with van der Waals surface area (Å²) in [6.07, 6.45) is 3.74. The molecule has 0 amide bonds. The number of sulfonamides is 1. The van der Waals surface area contributed by atoms with Crippen molar-refractivity contribution in [1.82, 2.24) is 24.5 Å². The fourth-order valence-electron chi connectivity index (χ4n) is 2.20. The molecule has 8 nitrogen and oxygen atoms in total. The first kappa shape index (κ1) is 15.7. The summed E-state index contributed by atoms with van der Waals surface area (Å²) in [7, 11) is -3.62. The molecule has 3 N–H and O–H groups in total. The zero-order valence-electron chi connectivity index (χ0n) is 12.0. The van der Waals surface area contributed by atoms with E-state index in [1.807, 2.05) is 0 Å². The second-order valence-corrected chi connectivity index (χ2v) is 6.38. The van der Waals surface area contributed by atoms with Crippen LogP contribution in [0.2, 0.25) is 0 Å². The van der Waals surface area contributed by atoms with Crippen LogP contribution in [0.25, 0.3) is 0 Å². The highest BCUT2D eigenvalue weighted by Gasteiger charge is 2.24. The van der Waals surface area contributed by atoms with Crippen LogP contribution in [0.1, 0.15) is 17.1 Å². The van der Waals surface area contributed by atoms with E-state index in [0.29, 0.717) is 17.8 Å². The van der Waals surface area contributed by atoms with Gasteiger partial charge in [-0.05, 0) is 13.8 Å². The topological polar surface area (TPSA) is 113 Å². The summed E-state index contributed by atoms with van der Waals surface area (Å²) >= 11 is 0. The Morgan fingerprint density at radius 2 is 2.19 bits per heavy atom. The van der Waals surface area contributed by atoms with Gasteiger partial charge in [0.15, 0.2) is 0 Å². The Labute approximate surface area is 123 Å². The first-order chi connectivity index (χ1) is 9.95. The van der Waals surface area contributed by atoms with Crippen molar-refractivity contribution < 1.29 is 13.5 Å². The van der Waals surface area contributed by atoms with Crippen molar-refractivity contribution in [3.63, 3.8) is 0 Å². The Kier molecular flexibility index (Phi) is 4.76. The molecule has 0 fully saturated rings. The quantitative estimate of drug-likeness (QED) is 0.651. The van der Waals surface area contributed by atoms with Crippen molar-refractivity contribution in [2.75, 3.05) is 13.2 Å². The van der Waals surface area contributed by atoms with Gasteiger partial charge in [-0.3, -0.25) is 4.68 Å². The normalized spacial score (nSPS) is 12.0. The maximum Gasteiger partial charge on any atom is 0.244 e. The van der Waals surface area contributed by atoms with Crippen molar-refractivity contribution in [3.8, 4) is 0 Å². The third-order valence-electron chi connectivity index (χ3n) is 3.14. The van der Waals surface area contributed by atoms with Crippen molar-refractivity contribution in [2.45, 2.75) is 31.7 Å². The van der Waals surface area contributed by atoms with Crippen LogP contribution >= 0.6 is 0 Å². The van der Waals surface area contributed by atoms with Crippen LogP contribution < -0.4 is 4.72 Å². The maximum absolute atomic E-state index is 12.4. The summed E-state index contributed by atoms with van der Waals surface area (Å²) in [4.78, 5) is 6.98. The molecule has 0 saturated heterocycles. The fraction of sp³-hybridized carbons (Fsp3) is 0.500. The summed E-state index contributed by atoms with van der Waals surface area (Å²) in [6, 6.07) is 0. The molecule has 0 aliphatic rings. The lowest BCUT2D eigenvalue weighted by atomic mass is 10.3. The van der Waals surface area contributed by atoms with Gasteiger partial charge in [0.1, 0.15) is 4.90 Å². The van der Waals surface area contributed by atoms with Crippen molar-refractivity contribution in [3.05, 3.63) is 29.6 Å². The number of imidazole rings is 1. The number of aliphatic hydroxyl groups excluding tert-OH is 1. The second kappa shape index (κ2) is 6.37. The van der Waals surface area contributed by atoms with Crippen molar-refractivity contribution in [1.29, 1.82) is 0 Å². The largest absolute Gasteiger partial charge is 0.394 e. The molecule has 0 aromatic carbocycles. The van der Waals surface area contributed by atoms with Crippen molar-refractivity contribution in [2.24, 2.45) is 0 Å². The smallest absolute Gasteiger partial charge is 0.244 e. The molecule has 0 aliphatic carbocycles. The van der Waals surface area contributed by atoms with Crippen LogP contribution in [-0.2, 0) is 23.0 Å². The number of aromatic nitrogens is 4. The number of nitrogens with one attached hydrogen (secondary N) is 2. The van der Waals surface area contributed by atoms with E-state index in [0.717, 1.165) is 5.69 Å². The molecule has 0 radical (unpaired) electrons. The van der Waals surface area contributed by atoms with Gasteiger partial charge in [-0.1, -0.05) is 0 Å². The summed E-state index contributed by atoms with van der Waals surface area (Å²) < 4.78 is 28.8. The molecule has 2 rings (SSSR count). The standard InChI is InChI=1S/C12H19N5O3S/c1-9-12(10(2)17(16-9)5-6-18)21(19,20)15-4-3-11-7-13-8-14-11/h7-8,15,18H,3-6H2,1-2H3,(H,13,14). The van der Waals surface area contributed by atoms with Crippen LogP contribution in [0, 0.1) is 13.8 Å². The van der Waals surface area contributed by atoms with Gasteiger partial charge in [0.05, 0.1) is 30.9 Å². The van der Waals surface area contributed by atoms with Gasteiger partial charge in [0.2, 0.25) is 10.0 Å². The van der Waals surface area contributed by atoms with E-state index in [9.17, 15) is 8.42 Å². The van der Waals surface area contributed by atoms with Crippen LogP contribution in [0.5, 0.6) is 0 Å². The molecule has 2 aromatic heterocycles. The number of H-pyrrole nitrogens is 1. The molecule has 0 saturated carbocycles. The zero-order chi connectivity index (χ0) is 15.5. The molecule has 0 bridgehead atoms. The van der Waals surface area contributed by atoms with Crippen LogP contribution in [0.15, 0.2) is 17.4 Å². The third kappa shape index (κ3) is 3.49. The lowest BCUT2D eigenvalue weighted by Crippen LogP contribution is -2.27. The number of hydrogen-bond donors (Lipinski definition) is 3. The van der Waals surface area contributed by atoms with Crippen LogP contribution in [0.4, 0.5) is 0 Å². The molecule has 9 heteroatoms. The second-order valence-electron chi connectivity index (χ2n) is 4.67. The summed E-state index contributed by atoms with van der Waals surface area (Å²) in [5, 5.41) is 13.1. The van der Waals surface area contributed by atoms with Crippen LogP contribution in [-0.4, -0.2) is 46.4 Å². The molecule has 2 heterocycles. The molecule has 116 valence electrons. The van der Waals surface area contributed by atoms with E-state index in [1.54, 1.807) is 26.4 Å². The molecule has 0 spiro atoms. The highest BCUT2D eigenvalue weighted by Crippen LogP contribution is 2.19. The SMILES string of the molecule is Cc1nn(CCO)c(C)c1S(=O)(=O)NCCc1cnc[nH]1. The van der Waals surface area contributed by atoms with Gasteiger partial charge in [-0.15, -0.1) is 0 Å². The number of aryl methyl sites for hydroxylation is 1. The van der Waals surface area contributed by atoms with E-state index in [2.05, 4.69) is 19.8 Å². The first-order valence-electron chi connectivity index (χ1n) is 6.57. The Morgan fingerprint density at radius 3 is 2.81 bits per heavy atom. The number of rotatable bonds is 7. The molecular formula is C12H19N5O3S. The summed E-state index contributed by atoms with van der Waals surface area (Å²) in [5.74, 6) is 0. The average molecular weight is 313 g/mol. The Balaban J connectivity index is 2.12. The minimum atomic E-state index is -3.62. The lowest BCUT2D eigenvalue weighted by molar-refractivity contribution is 0.267. The molecular weight excluding hydrogens is 294 g/mol. The predicted octanol–water partition coefficient (Wildman–Crippen LogP) is -0.264. The highest BCUT2D eigenvalue weighted by molar-refractivity contribution is 7.89. The van der Waals surface area contributed by atoms with Gasteiger partial charge in [0, 0.05) is 24.9 Å². The summed E-state index contributed by atoms with van der Waals surface area (Å²) in [6.45, 7) is 3.78. The molecule has 0 unspecified atom stereocenters. The molecule has 21 heavy (non-hydrogen) atoms. The number of aliphatic hydroxyl groups is 1. The maximum atomic E-state index is 12.4. The monoisotopic (exact) mass is 313 g/mol. The van der Waals surface area contributed by atoms with E-state index >= 15 is 0 Å². The van der Waals surface area contributed by atoms with E-state index in [4.69, 9.17) is 5.11 Å². The van der Waals surface area contributed by atoms with E-state index in [-0.39, 0.29) is 24.6 Å². The molecule has 0 aliphatic heterocycles. The third-order valence-corrected chi connectivity index (χ3v) is 4.85. The number of nitrogens with zero attached hydrogens (tertiary/aromatic N) is 3. The highest BCUT2D eigenvalue weighted by atomic mass is 32.2. The summed E-state index contributed by atoms with van der Waals surface area (Å²) in [5.41, 5.74) is 1.81. The Morgan fingerprint density at radius 1 is 1.43 bits per heavy atom. The van der Waals surface area contributed by atoms with Crippen LogP contribution in [0.3, 0.4) is 0 Å². The lowest BCUT2D eigenvalue weighted by Gasteiger charge is -2.07. The molecule has 2 aromatic rings. The zero-order valence-corrected chi connectivity index (χ0v) is 12.8. The van der Waals surface area contributed by atoms with Crippen molar-refractivity contribution >= 4 is 10.0 Å². The van der Waals surface area contributed by atoms with Gasteiger partial charge in [0.25, 0.3) is 0 Å². The first-order valence-corrected chi connectivity index (χ1v) is 8.06. The molecule has 0 atom stereocenters. The predicted molar refractivity (Wildman–Crippen MR) is 76.3 cm³/mol. The number of aromatic amines is 1. The minimum Gasteiger partial charge on any atom is -0.394 e. The van der Waals surface area contributed by atoms with E-state index < -0.39 is 10.0 Å². The van der Waals surface area contributed by atoms with Gasteiger partial charge in [-0.25, -0.2) is 18.1 Å². The Hall–Kier alpha value is -1.71. The number of hydrogen-bond acceptors (Lipinski definition) is 5. The van der Waals surface area contributed by atoms with Gasteiger partial charge >= 0.3 is 0 Å². The van der Waals surface area contributed by atoms with E-state index in [1.165, 1.54) is 4.68 Å².